The number of piperazine rings is 1. The summed E-state index contributed by atoms with van der Waals surface area (Å²) in [6.45, 7) is 6.62. The highest BCUT2D eigenvalue weighted by Crippen LogP contribution is 2.32. The summed E-state index contributed by atoms with van der Waals surface area (Å²) in [5.41, 5.74) is 1.31. The maximum atomic E-state index is 5.45. The fourth-order valence-corrected chi connectivity index (χ4v) is 3.16. The molecule has 0 radical (unpaired) electrons. The van der Waals surface area contributed by atoms with Crippen LogP contribution in [-0.4, -0.2) is 45.3 Å². The maximum absolute atomic E-state index is 5.45. The zero-order valence-corrected chi connectivity index (χ0v) is 16.7. The summed E-state index contributed by atoms with van der Waals surface area (Å²) < 4.78 is 10.9. The molecule has 1 aromatic carbocycles. The van der Waals surface area contributed by atoms with Crippen molar-refractivity contribution in [2.75, 3.05) is 40.4 Å². The minimum absolute atomic E-state index is 0. The van der Waals surface area contributed by atoms with E-state index in [9.17, 15) is 0 Å². The molecule has 1 fully saturated rings. The van der Waals surface area contributed by atoms with Crippen LogP contribution in [0.5, 0.6) is 11.5 Å². The third kappa shape index (κ3) is 6.67. The summed E-state index contributed by atoms with van der Waals surface area (Å²) in [4.78, 5) is 2.60. The van der Waals surface area contributed by atoms with Gasteiger partial charge >= 0.3 is 0 Å². The maximum Gasteiger partial charge on any atom is 0.122 e. The number of methoxy groups -OCH3 is 2. The molecule has 0 spiro atoms. The minimum Gasteiger partial charge on any atom is -0.497 e. The first-order valence-corrected chi connectivity index (χ1v) is 8.46. The molecule has 140 valence electrons. The van der Waals surface area contributed by atoms with Crippen LogP contribution in [-0.2, 0) is 0 Å². The first-order chi connectivity index (χ1) is 10.8. The van der Waals surface area contributed by atoms with Gasteiger partial charge in [0.05, 0.1) is 14.2 Å². The van der Waals surface area contributed by atoms with Gasteiger partial charge in [-0.25, -0.2) is 0 Å². The van der Waals surface area contributed by atoms with Gasteiger partial charge in [-0.2, -0.15) is 0 Å². The van der Waals surface area contributed by atoms with Gasteiger partial charge in [-0.1, -0.05) is 26.2 Å². The molecule has 0 aliphatic carbocycles. The zero-order chi connectivity index (χ0) is 15.8. The van der Waals surface area contributed by atoms with Crippen molar-refractivity contribution in [3.63, 3.8) is 0 Å². The van der Waals surface area contributed by atoms with E-state index in [0.29, 0.717) is 6.04 Å². The van der Waals surface area contributed by atoms with Crippen molar-refractivity contribution in [1.29, 1.82) is 0 Å². The van der Waals surface area contributed by atoms with E-state index in [1.807, 2.05) is 6.07 Å². The molecule has 0 saturated carbocycles. The van der Waals surface area contributed by atoms with E-state index >= 15 is 0 Å². The SMILES string of the molecule is CCCCC[C@H](c1cc(OC)cc(OC)c1)N1CCNCC1.Cl.Cl. The lowest BCUT2D eigenvalue weighted by molar-refractivity contribution is 0.162. The number of ether oxygens (including phenoxy) is 2. The van der Waals surface area contributed by atoms with Crippen LogP contribution in [0, 0.1) is 0 Å². The van der Waals surface area contributed by atoms with Crippen LogP contribution in [0.3, 0.4) is 0 Å². The van der Waals surface area contributed by atoms with Gasteiger partial charge in [0, 0.05) is 38.3 Å². The van der Waals surface area contributed by atoms with Crippen molar-refractivity contribution in [3.05, 3.63) is 23.8 Å². The average molecular weight is 379 g/mol. The van der Waals surface area contributed by atoms with E-state index < -0.39 is 0 Å². The van der Waals surface area contributed by atoms with Crippen LogP contribution in [0.4, 0.5) is 0 Å². The number of rotatable bonds is 8. The smallest absolute Gasteiger partial charge is 0.122 e. The van der Waals surface area contributed by atoms with Crippen molar-refractivity contribution >= 4 is 24.8 Å². The fraction of sp³-hybridized carbons (Fsp3) is 0.667. The highest BCUT2D eigenvalue weighted by molar-refractivity contribution is 5.85. The summed E-state index contributed by atoms with van der Waals surface area (Å²) in [5, 5.41) is 3.44. The number of hydrogen-bond donors (Lipinski definition) is 1. The van der Waals surface area contributed by atoms with Gasteiger partial charge in [-0.3, -0.25) is 4.90 Å². The molecular formula is C18H32Cl2N2O2. The molecule has 0 bridgehead atoms. The average Bonchev–Trinajstić information content (AvgIpc) is 2.59. The minimum atomic E-state index is 0. The molecule has 1 saturated heterocycles. The number of unbranched alkanes of at least 4 members (excludes halogenated alkanes) is 2. The van der Waals surface area contributed by atoms with Crippen LogP contribution in [0.1, 0.15) is 44.2 Å². The van der Waals surface area contributed by atoms with Crippen LogP contribution in [0.15, 0.2) is 18.2 Å². The normalized spacial score (nSPS) is 15.8. The number of nitrogens with one attached hydrogen (secondary N) is 1. The fourth-order valence-electron chi connectivity index (χ4n) is 3.16. The topological polar surface area (TPSA) is 33.7 Å². The molecule has 1 aliphatic rings. The number of hydrogen-bond acceptors (Lipinski definition) is 4. The Morgan fingerprint density at radius 1 is 1.00 bits per heavy atom. The number of nitrogens with zero attached hydrogens (tertiary/aromatic N) is 1. The van der Waals surface area contributed by atoms with Crippen molar-refractivity contribution in [1.82, 2.24) is 10.2 Å². The molecule has 2 rings (SSSR count). The van der Waals surface area contributed by atoms with Gasteiger partial charge in [0.1, 0.15) is 11.5 Å². The summed E-state index contributed by atoms with van der Waals surface area (Å²) in [5.74, 6) is 1.76. The molecule has 0 unspecified atom stereocenters. The predicted octanol–water partition coefficient (Wildman–Crippen LogP) is 4.07. The first-order valence-electron chi connectivity index (χ1n) is 8.46. The summed E-state index contributed by atoms with van der Waals surface area (Å²) >= 11 is 0. The quantitative estimate of drug-likeness (QED) is 0.691. The van der Waals surface area contributed by atoms with Crippen LogP contribution in [0.2, 0.25) is 0 Å². The molecule has 0 aromatic heterocycles. The zero-order valence-electron chi connectivity index (χ0n) is 15.0. The molecule has 4 nitrogen and oxygen atoms in total. The molecule has 1 aromatic rings. The van der Waals surface area contributed by atoms with Gasteiger partial charge in [-0.05, 0) is 24.1 Å². The Morgan fingerprint density at radius 2 is 1.58 bits per heavy atom. The lowest BCUT2D eigenvalue weighted by atomic mass is 9.97. The van der Waals surface area contributed by atoms with Gasteiger partial charge in [-0.15, -0.1) is 24.8 Å². The Balaban J connectivity index is 0.00000264. The summed E-state index contributed by atoms with van der Waals surface area (Å²) in [7, 11) is 3.44. The van der Waals surface area contributed by atoms with Crippen LogP contribution >= 0.6 is 24.8 Å². The molecular weight excluding hydrogens is 347 g/mol. The van der Waals surface area contributed by atoms with Gasteiger partial charge in [0.25, 0.3) is 0 Å². The van der Waals surface area contributed by atoms with Gasteiger partial charge in [0.15, 0.2) is 0 Å². The highest BCUT2D eigenvalue weighted by atomic mass is 35.5. The Labute approximate surface area is 159 Å². The Hall–Kier alpha value is -0.680. The monoisotopic (exact) mass is 378 g/mol. The largest absolute Gasteiger partial charge is 0.497 e. The van der Waals surface area contributed by atoms with E-state index in [0.717, 1.165) is 37.7 Å². The highest BCUT2D eigenvalue weighted by Gasteiger charge is 2.22. The van der Waals surface area contributed by atoms with Crippen LogP contribution < -0.4 is 14.8 Å². The van der Waals surface area contributed by atoms with Crippen LogP contribution in [0.25, 0.3) is 0 Å². The third-order valence-corrected chi connectivity index (χ3v) is 4.43. The Bertz CT molecular complexity index is 432. The Morgan fingerprint density at radius 3 is 2.08 bits per heavy atom. The lowest BCUT2D eigenvalue weighted by Gasteiger charge is -2.35. The standard InChI is InChI=1S/C18H30N2O2.2ClH/c1-4-5-6-7-18(20-10-8-19-9-11-20)15-12-16(21-2)14-17(13-15)22-3;;/h12-14,18-19H,4-11H2,1-3H3;2*1H/t18-;;/m1../s1. The van der Waals surface area contributed by atoms with E-state index in [4.69, 9.17) is 9.47 Å². The van der Waals surface area contributed by atoms with Crippen molar-refractivity contribution in [3.8, 4) is 11.5 Å². The number of halogens is 2. The second kappa shape index (κ2) is 12.6. The first kappa shape index (κ1) is 23.3. The second-order valence-corrected chi connectivity index (χ2v) is 5.94. The van der Waals surface area contributed by atoms with Gasteiger partial charge < -0.3 is 14.8 Å². The molecule has 1 atom stereocenters. The van der Waals surface area contributed by atoms with E-state index in [2.05, 4.69) is 29.3 Å². The molecule has 0 amide bonds. The Kier molecular flexibility index (Phi) is 12.3. The van der Waals surface area contributed by atoms with E-state index in [1.54, 1.807) is 14.2 Å². The predicted molar refractivity (Wildman–Crippen MR) is 105 cm³/mol. The molecule has 1 heterocycles. The molecule has 1 aliphatic heterocycles. The van der Waals surface area contributed by atoms with E-state index in [-0.39, 0.29) is 24.8 Å². The molecule has 6 heteroatoms. The summed E-state index contributed by atoms with van der Waals surface area (Å²) in [6.07, 6.45) is 5.02. The lowest BCUT2D eigenvalue weighted by Crippen LogP contribution is -2.45. The van der Waals surface area contributed by atoms with Gasteiger partial charge in [0.2, 0.25) is 0 Å². The van der Waals surface area contributed by atoms with Crippen molar-refractivity contribution in [2.24, 2.45) is 0 Å². The molecule has 24 heavy (non-hydrogen) atoms. The van der Waals surface area contributed by atoms with E-state index in [1.165, 1.54) is 31.2 Å². The van der Waals surface area contributed by atoms with Crippen molar-refractivity contribution in [2.45, 2.75) is 38.6 Å². The molecule has 1 N–H and O–H groups in total. The summed E-state index contributed by atoms with van der Waals surface area (Å²) in [6, 6.07) is 6.74. The van der Waals surface area contributed by atoms with Crippen molar-refractivity contribution < 1.29 is 9.47 Å². The number of benzene rings is 1. The third-order valence-electron chi connectivity index (χ3n) is 4.43. The second-order valence-electron chi connectivity index (χ2n) is 5.94.